The SMILES string of the molecule is CC1(C)CCCC1NS(=O)(=O)c1ccc(Br)c(F)c1. The lowest BCUT2D eigenvalue weighted by Gasteiger charge is -2.27. The maximum Gasteiger partial charge on any atom is 0.240 e. The quantitative estimate of drug-likeness (QED) is 0.908. The van der Waals surface area contributed by atoms with Crippen molar-refractivity contribution in [3.8, 4) is 0 Å². The average Bonchev–Trinajstić information content (AvgIpc) is 2.61. The third kappa shape index (κ3) is 3.17. The molecule has 0 amide bonds. The summed E-state index contributed by atoms with van der Waals surface area (Å²) in [5.74, 6) is -0.575. The molecule has 0 aliphatic heterocycles. The number of halogens is 2. The number of nitrogens with one attached hydrogen (secondary N) is 1. The Morgan fingerprint density at radius 3 is 2.63 bits per heavy atom. The summed E-state index contributed by atoms with van der Waals surface area (Å²) >= 11 is 3.01. The molecule has 0 radical (unpaired) electrons. The van der Waals surface area contributed by atoms with E-state index in [0.29, 0.717) is 0 Å². The zero-order chi connectivity index (χ0) is 14.3. The molecular formula is C13H17BrFNO2S. The first-order valence-corrected chi connectivity index (χ1v) is 8.47. The van der Waals surface area contributed by atoms with E-state index in [9.17, 15) is 12.8 Å². The summed E-state index contributed by atoms with van der Waals surface area (Å²) in [6.45, 7) is 4.10. The van der Waals surface area contributed by atoms with Crippen LogP contribution in [0.2, 0.25) is 0 Å². The summed E-state index contributed by atoms with van der Waals surface area (Å²) in [7, 11) is -3.66. The van der Waals surface area contributed by atoms with E-state index < -0.39 is 15.8 Å². The van der Waals surface area contributed by atoms with Gasteiger partial charge in [-0.25, -0.2) is 17.5 Å². The second-order valence-corrected chi connectivity index (χ2v) is 8.20. The van der Waals surface area contributed by atoms with Crippen LogP contribution in [0.4, 0.5) is 4.39 Å². The van der Waals surface area contributed by atoms with Crippen LogP contribution in [0.5, 0.6) is 0 Å². The molecule has 1 fully saturated rings. The molecule has 106 valence electrons. The van der Waals surface area contributed by atoms with Gasteiger partial charge in [0.15, 0.2) is 0 Å². The van der Waals surface area contributed by atoms with Gasteiger partial charge in [0.05, 0.1) is 9.37 Å². The third-order valence-corrected chi connectivity index (χ3v) is 5.87. The van der Waals surface area contributed by atoms with Gasteiger partial charge < -0.3 is 0 Å². The minimum atomic E-state index is -3.66. The minimum Gasteiger partial charge on any atom is -0.208 e. The molecule has 1 atom stereocenters. The predicted octanol–water partition coefficient (Wildman–Crippen LogP) is 3.45. The van der Waals surface area contributed by atoms with Crippen LogP contribution < -0.4 is 4.72 Å². The fraction of sp³-hybridized carbons (Fsp3) is 0.538. The zero-order valence-electron chi connectivity index (χ0n) is 10.9. The predicted molar refractivity (Wildman–Crippen MR) is 75.8 cm³/mol. The molecule has 0 aromatic heterocycles. The van der Waals surface area contributed by atoms with Crippen molar-refractivity contribution in [3.05, 3.63) is 28.5 Å². The van der Waals surface area contributed by atoms with E-state index in [4.69, 9.17) is 0 Å². The van der Waals surface area contributed by atoms with Crippen LogP contribution in [-0.2, 0) is 10.0 Å². The van der Waals surface area contributed by atoms with Gasteiger partial charge in [-0.2, -0.15) is 0 Å². The lowest BCUT2D eigenvalue weighted by Crippen LogP contribution is -2.41. The van der Waals surface area contributed by atoms with Crippen molar-refractivity contribution in [2.24, 2.45) is 5.41 Å². The van der Waals surface area contributed by atoms with Gasteiger partial charge in [-0.3, -0.25) is 0 Å². The van der Waals surface area contributed by atoms with Crippen molar-refractivity contribution < 1.29 is 12.8 Å². The molecule has 1 saturated carbocycles. The van der Waals surface area contributed by atoms with Crippen molar-refractivity contribution >= 4 is 26.0 Å². The van der Waals surface area contributed by atoms with Crippen LogP contribution in [0.25, 0.3) is 0 Å². The highest BCUT2D eigenvalue weighted by atomic mass is 79.9. The molecule has 3 nitrogen and oxygen atoms in total. The van der Waals surface area contributed by atoms with Gasteiger partial charge >= 0.3 is 0 Å². The van der Waals surface area contributed by atoms with Crippen LogP contribution >= 0.6 is 15.9 Å². The summed E-state index contributed by atoms with van der Waals surface area (Å²) in [6, 6.07) is 3.75. The molecule has 1 aliphatic rings. The number of sulfonamides is 1. The maximum atomic E-state index is 13.4. The first-order valence-electron chi connectivity index (χ1n) is 6.20. The summed E-state index contributed by atoms with van der Waals surface area (Å²) in [5, 5.41) is 0. The highest BCUT2D eigenvalue weighted by molar-refractivity contribution is 9.10. The Kier molecular flexibility index (Phi) is 4.05. The fourth-order valence-electron chi connectivity index (χ4n) is 2.44. The minimum absolute atomic E-state index is 0.0316. The molecule has 0 saturated heterocycles. The molecule has 1 N–H and O–H groups in total. The van der Waals surface area contributed by atoms with Gasteiger partial charge in [-0.1, -0.05) is 20.3 Å². The summed E-state index contributed by atoms with van der Waals surface area (Å²) in [6.07, 6.45) is 2.83. The molecule has 1 unspecified atom stereocenters. The van der Waals surface area contributed by atoms with Gasteiger partial charge in [-0.05, 0) is 52.4 Å². The number of rotatable bonds is 3. The Balaban J connectivity index is 2.25. The van der Waals surface area contributed by atoms with Gasteiger partial charge in [0.2, 0.25) is 10.0 Å². The van der Waals surface area contributed by atoms with E-state index in [1.165, 1.54) is 12.1 Å². The molecule has 0 heterocycles. The normalized spacial score (nSPS) is 22.6. The molecule has 19 heavy (non-hydrogen) atoms. The molecule has 1 aromatic rings. The van der Waals surface area contributed by atoms with Crippen LogP contribution in [-0.4, -0.2) is 14.5 Å². The lowest BCUT2D eigenvalue weighted by atomic mass is 9.88. The highest BCUT2D eigenvalue weighted by Crippen LogP contribution is 2.38. The van der Waals surface area contributed by atoms with Crippen LogP contribution in [0.3, 0.4) is 0 Å². The second-order valence-electron chi connectivity index (χ2n) is 5.63. The van der Waals surface area contributed by atoms with Crippen LogP contribution in [0.1, 0.15) is 33.1 Å². The Morgan fingerprint density at radius 2 is 2.11 bits per heavy atom. The topological polar surface area (TPSA) is 46.2 Å². The molecule has 1 aromatic carbocycles. The summed E-state index contributed by atoms with van der Waals surface area (Å²) < 4.78 is 40.9. The van der Waals surface area contributed by atoms with E-state index in [2.05, 4.69) is 34.5 Å². The molecule has 0 spiro atoms. The standard InChI is InChI=1S/C13H17BrFNO2S/c1-13(2)7-3-4-12(13)16-19(17,18)9-5-6-10(14)11(15)8-9/h5-6,8,12,16H,3-4,7H2,1-2H3. The third-order valence-electron chi connectivity index (χ3n) is 3.76. The van der Waals surface area contributed by atoms with Crippen molar-refractivity contribution in [1.29, 1.82) is 0 Å². The second kappa shape index (κ2) is 5.14. The fourth-order valence-corrected chi connectivity index (χ4v) is 4.14. The monoisotopic (exact) mass is 349 g/mol. The van der Waals surface area contributed by atoms with E-state index in [1.54, 1.807) is 0 Å². The van der Waals surface area contributed by atoms with E-state index >= 15 is 0 Å². The largest absolute Gasteiger partial charge is 0.240 e. The summed E-state index contributed by atoms with van der Waals surface area (Å²) in [5.41, 5.74) is -0.0546. The zero-order valence-corrected chi connectivity index (χ0v) is 13.3. The van der Waals surface area contributed by atoms with Gasteiger partial charge in [0.25, 0.3) is 0 Å². The van der Waals surface area contributed by atoms with E-state index in [0.717, 1.165) is 25.3 Å². The maximum absolute atomic E-state index is 13.4. The van der Waals surface area contributed by atoms with Gasteiger partial charge in [-0.15, -0.1) is 0 Å². The number of benzene rings is 1. The molecule has 6 heteroatoms. The molecular weight excluding hydrogens is 333 g/mol. The van der Waals surface area contributed by atoms with Crippen molar-refractivity contribution in [1.82, 2.24) is 4.72 Å². The van der Waals surface area contributed by atoms with Crippen LogP contribution in [0.15, 0.2) is 27.6 Å². The smallest absolute Gasteiger partial charge is 0.208 e. The number of hydrogen-bond acceptors (Lipinski definition) is 2. The van der Waals surface area contributed by atoms with Gasteiger partial charge in [0, 0.05) is 6.04 Å². The Bertz CT molecular complexity index is 586. The van der Waals surface area contributed by atoms with Gasteiger partial charge in [0.1, 0.15) is 5.82 Å². The first-order chi connectivity index (χ1) is 8.72. The molecule has 2 rings (SSSR count). The Labute approximate surface area is 121 Å². The van der Waals surface area contributed by atoms with Crippen molar-refractivity contribution in [3.63, 3.8) is 0 Å². The van der Waals surface area contributed by atoms with E-state index in [1.807, 2.05) is 0 Å². The first kappa shape index (κ1) is 14.9. The Hall–Kier alpha value is -0.460. The van der Waals surface area contributed by atoms with Crippen molar-refractivity contribution in [2.75, 3.05) is 0 Å². The Morgan fingerprint density at radius 1 is 1.42 bits per heavy atom. The molecule has 1 aliphatic carbocycles. The number of hydrogen-bond donors (Lipinski definition) is 1. The van der Waals surface area contributed by atoms with Crippen molar-refractivity contribution in [2.45, 2.75) is 44.0 Å². The van der Waals surface area contributed by atoms with Crippen LogP contribution in [0, 0.1) is 11.2 Å². The van der Waals surface area contributed by atoms with E-state index in [-0.39, 0.29) is 20.8 Å². The highest BCUT2D eigenvalue weighted by Gasteiger charge is 2.37. The lowest BCUT2D eigenvalue weighted by molar-refractivity contribution is 0.313. The summed E-state index contributed by atoms with van der Waals surface area (Å²) in [4.78, 5) is -0.0316. The average molecular weight is 350 g/mol. The molecule has 0 bridgehead atoms.